The second kappa shape index (κ2) is 6.99. The minimum atomic E-state index is -1.45. The molecule has 8 nitrogen and oxygen atoms in total. The Morgan fingerprint density at radius 3 is 2.90 bits per heavy atom. The predicted octanol–water partition coefficient (Wildman–Crippen LogP) is 2.26. The highest BCUT2D eigenvalue weighted by atomic mass is 79.9. The van der Waals surface area contributed by atoms with Crippen LogP contribution in [0.5, 0.6) is 0 Å². The van der Waals surface area contributed by atoms with Crippen LogP contribution >= 0.6 is 15.9 Å². The van der Waals surface area contributed by atoms with E-state index in [0.29, 0.717) is 4.47 Å². The van der Waals surface area contributed by atoms with Gasteiger partial charge in [0.1, 0.15) is 5.69 Å². The zero-order chi connectivity index (χ0) is 16.0. The van der Waals surface area contributed by atoms with Gasteiger partial charge in [-0.15, -0.1) is 0 Å². The van der Waals surface area contributed by atoms with Gasteiger partial charge in [-0.05, 0) is 45.8 Å². The van der Waals surface area contributed by atoms with Crippen LogP contribution in [0.1, 0.15) is 13.8 Å². The van der Waals surface area contributed by atoms with Gasteiger partial charge in [0.25, 0.3) is 0 Å². The summed E-state index contributed by atoms with van der Waals surface area (Å²) in [5, 5.41) is 22.7. The Labute approximate surface area is 129 Å². The van der Waals surface area contributed by atoms with E-state index < -0.39 is 16.3 Å². The molecule has 0 bridgehead atoms. The number of ether oxygens (including phenoxy) is 1. The third-order valence-electron chi connectivity index (χ3n) is 2.61. The molecule has 1 unspecified atom stereocenters. The topological polar surface area (TPSA) is 118 Å². The molecule has 0 spiro atoms. The summed E-state index contributed by atoms with van der Waals surface area (Å²) >= 11 is 3.16. The lowest BCUT2D eigenvalue weighted by Gasteiger charge is -2.20. The molecule has 0 saturated carbocycles. The van der Waals surface area contributed by atoms with Crippen molar-refractivity contribution in [1.29, 1.82) is 5.26 Å². The van der Waals surface area contributed by atoms with Gasteiger partial charge in [0.2, 0.25) is 0 Å². The smallest absolute Gasteiger partial charge is 0.386 e. The monoisotopic (exact) mass is 356 g/mol. The van der Waals surface area contributed by atoms with Gasteiger partial charge in [-0.25, -0.2) is 0 Å². The highest BCUT2D eigenvalue weighted by Crippen LogP contribution is 2.27. The Balaban J connectivity index is 2.97. The maximum Gasteiger partial charge on any atom is 0.386 e. The second-order valence-electron chi connectivity index (χ2n) is 4.30. The van der Waals surface area contributed by atoms with Crippen LogP contribution in [-0.4, -0.2) is 29.0 Å². The Hall–Kier alpha value is -2.21. The first-order valence-electron chi connectivity index (χ1n) is 5.96. The van der Waals surface area contributed by atoms with Crippen molar-refractivity contribution >= 4 is 33.4 Å². The first kappa shape index (κ1) is 16.8. The third-order valence-corrected chi connectivity index (χ3v) is 3.05. The normalized spacial score (nSPS) is 12.9. The lowest BCUT2D eigenvalue weighted by atomic mass is 9.93. The predicted molar refractivity (Wildman–Crippen MR) is 77.4 cm³/mol. The van der Waals surface area contributed by atoms with E-state index in [2.05, 4.69) is 26.2 Å². The van der Waals surface area contributed by atoms with E-state index in [9.17, 15) is 14.9 Å². The van der Waals surface area contributed by atoms with Crippen molar-refractivity contribution < 1.29 is 14.5 Å². The van der Waals surface area contributed by atoms with Crippen LogP contribution in [-0.2, 0) is 9.53 Å². The lowest BCUT2D eigenvalue weighted by Crippen LogP contribution is -2.35. The fraction of sp³-hybridized carbons (Fsp3) is 0.417. The van der Waals surface area contributed by atoms with Crippen LogP contribution in [0.4, 0.5) is 11.5 Å². The molecular formula is C12H13BrN4O4. The summed E-state index contributed by atoms with van der Waals surface area (Å²) in [5.41, 5.74) is -1.34. The van der Waals surface area contributed by atoms with Crippen molar-refractivity contribution in [3.63, 3.8) is 0 Å². The van der Waals surface area contributed by atoms with Crippen molar-refractivity contribution in [2.24, 2.45) is 5.41 Å². The van der Waals surface area contributed by atoms with E-state index in [0.717, 1.165) is 0 Å². The molecule has 21 heavy (non-hydrogen) atoms. The number of esters is 1. The zero-order valence-electron chi connectivity index (χ0n) is 11.4. The van der Waals surface area contributed by atoms with E-state index in [4.69, 9.17) is 10.00 Å². The molecule has 1 heterocycles. The van der Waals surface area contributed by atoms with Gasteiger partial charge >= 0.3 is 11.8 Å². The molecule has 1 N–H and O–H groups in total. The number of nitrogens with zero attached hydrogens (tertiary/aromatic N) is 3. The SMILES string of the molecule is CCOC(=O)C(C)(C#N)CNc1cc(Br)cnc1[N+](=O)[O-]. The number of rotatable bonds is 6. The van der Waals surface area contributed by atoms with Crippen molar-refractivity contribution in [3.05, 3.63) is 26.9 Å². The standard InChI is InChI=1S/C12H13BrN4O4/c1-3-21-11(18)12(2,6-14)7-16-9-4-8(13)5-15-10(9)17(19)20/h4-5,16H,3,7H2,1-2H3. The number of anilines is 1. The van der Waals surface area contributed by atoms with Gasteiger partial charge in [0, 0.05) is 6.54 Å². The van der Waals surface area contributed by atoms with Crippen LogP contribution in [0.25, 0.3) is 0 Å². The van der Waals surface area contributed by atoms with Crippen molar-refractivity contribution in [2.45, 2.75) is 13.8 Å². The van der Waals surface area contributed by atoms with Crippen LogP contribution in [0, 0.1) is 26.9 Å². The quantitative estimate of drug-likeness (QED) is 0.471. The molecule has 112 valence electrons. The van der Waals surface area contributed by atoms with Crippen molar-refractivity contribution in [3.8, 4) is 6.07 Å². The number of nitriles is 1. The van der Waals surface area contributed by atoms with Gasteiger partial charge in [-0.1, -0.05) is 0 Å². The van der Waals surface area contributed by atoms with Gasteiger partial charge in [-0.3, -0.25) is 4.79 Å². The molecule has 0 fully saturated rings. The average Bonchev–Trinajstić information content (AvgIpc) is 2.44. The molecule has 1 atom stereocenters. The largest absolute Gasteiger partial charge is 0.465 e. The number of carbonyl (C=O) groups excluding carboxylic acids is 1. The summed E-state index contributed by atoms with van der Waals surface area (Å²) in [5.74, 6) is -1.08. The van der Waals surface area contributed by atoms with Gasteiger partial charge in [0.15, 0.2) is 11.6 Å². The maximum atomic E-state index is 11.8. The Kier molecular flexibility index (Phi) is 5.60. The number of nitrogens with one attached hydrogen (secondary N) is 1. The van der Waals surface area contributed by atoms with Gasteiger partial charge in [-0.2, -0.15) is 5.26 Å². The minimum Gasteiger partial charge on any atom is -0.465 e. The fourth-order valence-electron chi connectivity index (χ4n) is 1.43. The molecule has 1 aromatic rings. The number of aromatic nitrogens is 1. The minimum absolute atomic E-state index is 0.111. The fourth-order valence-corrected chi connectivity index (χ4v) is 1.76. The molecule has 0 aromatic carbocycles. The number of hydrogen-bond acceptors (Lipinski definition) is 7. The molecule has 0 aliphatic heterocycles. The number of carbonyl (C=O) groups is 1. The molecule has 0 saturated heterocycles. The third kappa shape index (κ3) is 4.13. The highest BCUT2D eigenvalue weighted by Gasteiger charge is 2.35. The summed E-state index contributed by atoms with van der Waals surface area (Å²) in [6.07, 6.45) is 1.29. The van der Waals surface area contributed by atoms with Crippen LogP contribution < -0.4 is 5.32 Å². The number of hydrogen-bond donors (Lipinski definition) is 1. The zero-order valence-corrected chi connectivity index (χ0v) is 13.0. The van der Waals surface area contributed by atoms with E-state index in [1.807, 2.05) is 6.07 Å². The van der Waals surface area contributed by atoms with Gasteiger partial charge in [0.05, 0.1) is 17.1 Å². The first-order chi connectivity index (χ1) is 9.84. The second-order valence-corrected chi connectivity index (χ2v) is 5.22. The summed E-state index contributed by atoms with van der Waals surface area (Å²) in [7, 11) is 0. The maximum absolute atomic E-state index is 11.8. The summed E-state index contributed by atoms with van der Waals surface area (Å²) in [6.45, 7) is 3.04. The number of nitro groups is 1. The Morgan fingerprint density at radius 2 is 2.38 bits per heavy atom. The van der Waals surface area contributed by atoms with Crippen LogP contribution in [0.15, 0.2) is 16.7 Å². The van der Waals surface area contributed by atoms with E-state index in [-0.39, 0.29) is 24.7 Å². The van der Waals surface area contributed by atoms with E-state index in [1.165, 1.54) is 19.2 Å². The molecule has 9 heteroatoms. The number of halogens is 1. The van der Waals surface area contributed by atoms with Gasteiger partial charge < -0.3 is 20.2 Å². The summed E-state index contributed by atoms with van der Waals surface area (Å²) in [4.78, 5) is 25.7. The highest BCUT2D eigenvalue weighted by molar-refractivity contribution is 9.10. The Morgan fingerprint density at radius 1 is 1.71 bits per heavy atom. The van der Waals surface area contributed by atoms with Crippen molar-refractivity contribution in [2.75, 3.05) is 18.5 Å². The summed E-state index contributed by atoms with van der Waals surface area (Å²) < 4.78 is 5.36. The molecule has 0 aliphatic carbocycles. The van der Waals surface area contributed by atoms with E-state index >= 15 is 0 Å². The molecule has 1 rings (SSSR count). The summed E-state index contributed by atoms with van der Waals surface area (Å²) in [6, 6.07) is 3.31. The molecule has 1 aromatic heterocycles. The molecule has 0 aliphatic rings. The number of pyridine rings is 1. The molecule has 0 radical (unpaired) electrons. The Bertz CT molecular complexity index is 601. The average molecular weight is 357 g/mol. The van der Waals surface area contributed by atoms with Crippen LogP contribution in [0.2, 0.25) is 0 Å². The first-order valence-corrected chi connectivity index (χ1v) is 6.75. The molecule has 0 amide bonds. The lowest BCUT2D eigenvalue weighted by molar-refractivity contribution is -0.388. The van der Waals surface area contributed by atoms with Crippen LogP contribution in [0.3, 0.4) is 0 Å². The van der Waals surface area contributed by atoms with Crippen molar-refractivity contribution in [1.82, 2.24) is 4.98 Å². The molecular weight excluding hydrogens is 344 g/mol. The van der Waals surface area contributed by atoms with E-state index in [1.54, 1.807) is 6.92 Å².